The van der Waals surface area contributed by atoms with Crippen molar-refractivity contribution < 1.29 is 4.79 Å². The number of hydrogen-bond acceptors (Lipinski definition) is 2. The van der Waals surface area contributed by atoms with Crippen molar-refractivity contribution in [2.75, 3.05) is 0 Å². The van der Waals surface area contributed by atoms with Gasteiger partial charge in [-0.05, 0) is 43.9 Å². The lowest BCUT2D eigenvalue weighted by atomic mass is 9.88. The molecular weight excluding hydrogens is 307 g/mol. The van der Waals surface area contributed by atoms with Gasteiger partial charge < -0.3 is 11.1 Å². The van der Waals surface area contributed by atoms with Crippen molar-refractivity contribution in [3.63, 3.8) is 0 Å². The summed E-state index contributed by atoms with van der Waals surface area (Å²) in [5, 5.41) is 3.97. The maximum Gasteiger partial charge on any atom is 0.220 e. The molecule has 2 rings (SSSR count). The van der Waals surface area contributed by atoms with Gasteiger partial charge in [-0.25, -0.2) is 0 Å². The zero-order valence-electron chi connectivity index (χ0n) is 12.4. The van der Waals surface area contributed by atoms with Gasteiger partial charge >= 0.3 is 0 Å². The van der Waals surface area contributed by atoms with Gasteiger partial charge in [0.25, 0.3) is 0 Å². The first-order chi connectivity index (χ1) is 9.52. The molecule has 0 aliphatic heterocycles. The maximum absolute atomic E-state index is 12.2. The molecule has 1 aliphatic rings. The van der Waals surface area contributed by atoms with Crippen LogP contribution < -0.4 is 11.1 Å². The number of halogens is 2. The zero-order chi connectivity index (χ0) is 14.6. The molecule has 118 valence electrons. The van der Waals surface area contributed by atoms with Crippen molar-refractivity contribution in [1.82, 2.24) is 5.32 Å². The van der Waals surface area contributed by atoms with E-state index in [0.717, 1.165) is 42.7 Å². The molecular formula is C16H24Cl2N2O. The maximum atomic E-state index is 12.2. The van der Waals surface area contributed by atoms with Gasteiger partial charge in [-0.15, -0.1) is 12.4 Å². The highest BCUT2D eigenvalue weighted by Crippen LogP contribution is 2.39. The van der Waals surface area contributed by atoms with Crippen molar-refractivity contribution in [1.29, 1.82) is 0 Å². The molecule has 1 fully saturated rings. The van der Waals surface area contributed by atoms with Gasteiger partial charge in [-0.1, -0.05) is 36.6 Å². The molecule has 1 saturated carbocycles. The van der Waals surface area contributed by atoms with E-state index in [-0.39, 0.29) is 29.9 Å². The third-order valence-electron chi connectivity index (χ3n) is 4.06. The van der Waals surface area contributed by atoms with Gasteiger partial charge in [-0.2, -0.15) is 0 Å². The Morgan fingerprint density at radius 2 is 1.90 bits per heavy atom. The highest BCUT2D eigenvalue weighted by molar-refractivity contribution is 6.30. The third kappa shape index (κ3) is 4.87. The summed E-state index contributed by atoms with van der Waals surface area (Å²) in [6.07, 6.45) is 5.51. The van der Waals surface area contributed by atoms with Crippen molar-refractivity contribution in [2.24, 2.45) is 5.73 Å². The van der Waals surface area contributed by atoms with Crippen LogP contribution in [0.15, 0.2) is 24.3 Å². The predicted octanol–water partition coefficient (Wildman–Crippen LogP) is 3.77. The molecule has 1 aromatic carbocycles. The van der Waals surface area contributed by atoms with E-state index in [1.807, 2.05) is 31.2 Å². The number of benzene rings is 1. The van der Waals surface area contributed by atoms with Crippen LogP contribution in [0, 0.1) is 0 Å². The molecule has 0 aromatic heterocycles. The number of rotatable bonds is 5. The molecule has 3 N–H and O–H groups in total. The molecule has 1 atom stereocenters. The van der Waals surface area contributed by atoms with Gasteiger partial charge in [0, 0.05) is 17.5 Å². The number of hydrogen-bond donors (Lipinski definition) is 2. The van der Waals surface area contributed by atoms with Crippen molar-refractivity contribution in [3.8, 4) is 0 Å². The van der Waals surface area contributed by atoms with Crippen LogP contribution in [0.5, 0.6) is 0 Å². The first-order valence-corrected chi connectivity index (χ1v) is 7.72. The lowest BCUT2D eigenvalue weighted by Gasteiger charge is -2.31. The monoisotopic (exact) mass is 330 g/mol. The summed E-state index contributed by atoms with van der Waals surface area (Å²) in [6, 6.07) is 7.91. The van der Waals surface area contributed by atoms with Crippen LogP contribution in [0.2, 0.25) is 5.02 Å². The average Bonchev–Trinajstić information content (AvgIpc) is 2.87. The largest absolute Gasteiger partial charge is 0.347 e. The molecule has 3 nitrogen and oxygen atoms in total. The summed E-state index contributed by atoms with van der Waals surface area (Å²) in [4.78, 5) is 12.2. The van der Waals surface area contributed by atoms with Gasteiger partial charge in [0.15, 0.2) is 0 Å². The molecule has 0 saturated heterocycles. The third-order valence-corrected chi connectivity index (χ3v) is 4.31. The van der Waals surface area contributed by atoms with Crippen LogP contribution in [0.1, 0.15) is 51.0 Å². The summed E-state index contributed by atoms with van der Waals surface area (Å²) in [5.74, 6) is 0.0964. The fraction of sp³-hybridized carbons (Fsp3) is 0.562. The van der Waals surface area contributed by atoms with E-state index in [2.05, 4.69) is 5.32 Å². The lowest BCUT2D eigenvalue weighted by Crippen LogP contribution is -2.44. The fourth-order valence-electron chi connectivity index (χ4n) is 2.92. The summed E-state index contributed by atoms with van der Waals surface area (Å²) in [6.45, 7) is 1.93. The molecule has 0 bridgehead atoms. The second-order valence-corrected chi connectivity index (χ2v) is 6.30. The second kappa shape index (κ2) is 8.02. The molecule has 5 heteroatoms. The molecule has 21 heavy (non-hydrogen) atoms. The summed E-state index contributed by atoms with van der Waals surface area (Å²) in [5.41, 5.74) is 6.67. The molecule has 0 radical (unpaired) electrons. The Morgan fingerprint density at radius 1 is 1.33 bits per heavy atom. The van der Waals surface area contributed by atoms with Gasteiger partial charge in [-0.3, -0.25) is 4.79 Å². The predicted molar refractivity (Wildman–Crippen MR) is 89.9 cm³/mol. The number of nitrogens with one attached hydrogen (secondary N) is 1. The highest BCUT2D eigenvalue weighted by atomic mass is 35.5. The zero-order valence-corrected chi connectivity index (χ0v) is 14.0. The Morgan fingerprint density at radius 3 is 2.43 bits per heavy atom. The van der Waals surface area contributed by atoms with Crippen LogP contribution >= 0.6 is 24.0 Å². The van der Waals surface area contributed by atoms with Gasteiger partial charge in [0.05, 0.1) is 5.54 Å². The molecule has 1 amide bonds. The molecule has 1 aliphatic carbocycles. The SMILES string of the molecule is CC(N)CCC(=O)NC1(c2ccc(Cl)cc2)CCCC1.Cl. The quantitative estimate of drug-likeness (QED) is 0.863. The highest BCUT2D eigenvalue weighted by Gasteiger charge is 2.36. The Bertz CT molecular complexity index is 454. The first kappa shape index (κ1) is 18.3. The van der Waals surface area contributed by atoms with E-state index in [9.17, 15) is 4.79 Å². The van der Waals surface area contributed by atoms with Crippen LogP contribution in [0.3, 0.4) is 0 Å². The van der Waals surface area contributed by atoms with Crippen LogP contribution in [-0.4, -0.2) is 11.9 Å². The Hall–Kier alpha value is -0.770. The summed E-state index contributed by atoms with van der Waals surface area (Å²) < 4.78 is 0. The number of carbonyl (C=O) groups excluding carboxylic acids is 1. The molecule has 0 spiro atoms. The fourth-order valence-corrected chi connectivity index (χ4v) is 3.05. The number of carbonyl (C=O) groups is 1. The van der Waals surface area contributed by atoms with E-state index < -0.39 is 0 Å². The summed E-state index contributed by atoms with van der Waals surface area (Å²) in [7, 11) is 0. The lowest BCUT2D eigenvalue weighted by molar-refractivity contribution is -0.123. The van der Waals surface area contributed by atoms with E-state index in [1.54, 1.807) is 0 Å². The van der Waals surface area contributed by atoms with Gasteiger partial charge in [0.2, 0.25) is 5.91 Å². The van der Waals surface area contributed by atoms with E-state index >= 15 is 0 Å². The topological polar surface area (TPSA) is 55.1 Å². The minimum absolute atomic E-state index is 0. The normalized spacial score (nSPS) is 17.9. The van der Waals surface area contributed by atoms with Crippen molar-refractivity contribution >= 4 is 29.9 Å². The summed E-state index contributed by atoms with van der Waals surface area (Å²) >= 11 is 5.95. The minimum atomic E-state index is -0.209. The molecule has 1 aromatic rings. The van der Waals surface area contributed by atoms with Crippen LogP contribution in [0.25, 0.3) is 0 Å². The molecule has 0 heterocycles. The van der Waals surface area contributed by atoms with Crippen LogP contribution in [-0.2, 0) is 10.3 Å². The van der Waals surface area contributed by atoms with Crippen molar-refractivity contribution in [2.45, 2.75) is 57.0 Å². The number of nitrogens with two attached hydrogens (primary N) is 1. The Kier molecular flexibility index (Phi) is 6.98. The smallest absolute Gasteiger partial charge is 0.220 e. The van der Waals surface area contributed by atoms with Crippen LogP contribution in [0.4, 0.5) is 0 Å². The first-order valence-electron chi connectivity index (χ1n) is 7.34. The van der Waals surface area contributed by atoms with E-state index in [1.165, 1.54) is 0 Å². The Labute approximate surface area is 138 Å². The number of amides is 1. The molecule has 1 unspecified atom stereocenters. The van der Waals surface area contributed by atoms with Crippen molar-refractivity contribution in [3.05, 3.63) is 34.9 Å². The van der Waals surface area contributed by atoms with Gasteiger partial charge in [0.1, 0.15) is 0 Å². The standard InChI is InChI=1S/C16H23ClN2O.ClH/c1-12(18)4-9-15(20)19-16(10-2-3-11-16)13-5-7-14(17)8-6-13;/h5-8,12H,2-4,9-11,18H2,1H3,(H,19,20);1H. The average molecular weight is 331 g/mol. The van der Waals surface area contributed by atoms with E-state index in [4.69, 9.17) is 17.3 Å². The minimum Gasteiger partial charge on any atom is -0.347 e. The van der Waals surface area contributed by atoms with E-state index in [0.29, 0.717) is 6.42 Å². The second-order valence-electron chi connectivity index (χ2n) is 5.86. The Balaban J connectivity index is 0.00000220.